The van der Waals surface area contributed by atoms with Crippen LogP contribution in [0.5, 0.6) is 0 Å². The van der Waals surface area contributed by atoms with E-state index in [9.17, 15) is 0 Å². The van der Waals surface area contributed by atoms with Crippen LogP contribution in [-0.4, -0.2) is 23.2 Å². The Labute approximate surface area is 129 Å². The molecule has 0 saturated carbocycles. The molecular formula is C15H18BrN2S-. The van der Waals surface area contributed by atoms with E-state index in [1.807, 2.05) is 0 Å². The fourth-order valence-corrected chi connectivity index (χ4v) is 3.25. The maximum atomic E-state index is 4.48. The number of benzene rings is 1. The van der Waals surface area contributed by atoms with Crippen molar-refractivity contribution in [2.24, 2.45) is 4.99 Å². The first kappa shape index (κ1) is 14.7. The van der Waals surface area contributed by atoms with Crippen molar-refractivity contribution < 1.29 is 17.0 Å². The molecule has 0 atom stereocenters. The maximum Gasteiger partial charge on any atom is 0.168 e. The molecule has 0 saturated heterocycles. The van der Waals surface area contributed by atoms with E-state index in [0.717, 1.165) is 18.3 Å². The average molecular weight is 338 g/mol. The molecule has 19 heavy (non-hydrogen) atoms. The molecule has 0 spiro atoms. The molecule has 1 aromatic carbocycles. The quantitative estimate of drug-likeness (QED) is 0.749. The van der Waals surface area contributed by atoms with E-state index >= 15 is 0 Å². The highest BCUT2D eigenvalue weighted by molar-refractivity contribution is 8.16. The summed E-state index contributed by atoms with van der Waals surface area (Å²) in [4.78, 5) is 6.80. The van der Waals surface area contributed by atoms with E-state index in [1.165, 1.54) is 16.8 Å². The number of aliphatic imine (C=N–C) groups is 1. The maximum absolute atomic E-state index is 4.48. The predicted molar refractivity (Wildman–Crippen MR) is 79.7 cm³/mol. The van der Waals surface area contributed by atoms with Crippen molar-refractivity contribution in [3.63, 3.8) is 0 Å². The van der Waals surface area contributed by atoms with Crippen LogP contribution in [0.2, 0.25) is 0 Å². The zero-order chi connectivity index (χ0) is 12.8. The Morgan fingerprint density at radius 2 is 1.84 bits per heavy atom. The molecule has 0 radical (unpaired) electrons. The van der Waals surface area contributed by atoms with Crippen LogP contribution >= 0.6 is 11.8 Å². The van der Waals surface area contributed by atoms with Crippen molar-refractivity contribution in [3.8, 4) is 0 Å². The number of thioether (sulfide) groups is 1. The lowest BCUT2D eigenvalue weighted by molar-refractivity contribution is -0.00000402. The van der Waals surface area contributed by atoms with Crippen LogP contribution in [0.1, 0.15) is 31.9 Å². The minimum atomic E-state index is 0. The average Bonchev–Trinajstić information content (AvgIpc) is 2.89. The fraction of sp³-hybridized carbons (Fsp3) is 0.400. The van der Waals surface area contributed by atoms with E-state index in [4.69, 9.17) is 0 Å². The van der Waals surface area contributed by atoms with Gasteiger partial charge in [0.25, 0.3) is 0 Å². The highest BCUT2D eigenvalue weighted by Crippen LogP contribution is 2.35. The molecule has 0 N–H and O–H groups in total. The summed E-state index contributed by atoms with van der Waals surface area (Å²) < 4.78 is 0. The van der Waals surface area contributed by atoms with Crippen molar-refractivity contribution in [1.82, 2.24) is 4.90 Å². The second kappa shape index (κ2) is 5.33. The molecule has 2 aliphatic heterocycles. The Morgan fingerprint density at radius 3 is 2.47 bits per heavy atom. The number of nitrogens with zero attached hydrogens (tertiary/aromatic N) is 2. The van der Waals surface area contributed by atoms with E-state index in [0.29, 0.717) is 0 Å². The van der Waals surface area contributed by atoms with Crippen molar-refractivity contribution >= 4 is 22.6 Å². The van der Waals surface area contributed by atoms with Crippen LogP contribution < -0.4 is 17.0 Å². The van der Waals surface area contributed by atoms with E-state index in [2.05, 4.69) is 60.3 Å². The predicted octanol–water partition coefficient (Wildman–Crippen LogP) is 0.705. The van der Waals surface area contributed by atoms with E-state index in [1.54, 1.807) is 11.8 Å². The van der Waals surface area contributed by atoms with Crippen LogP contribution in [0.3, 0.4) is 0 Å². The molecule has 0 amide bonds. The Balaban J connectivity index is 0.00000133. The summed E-state index contributed by atoms with van der Waals surface area (Å²) in [6.45, 7) is 8.70. The van der Waals surface area contributed by atoms with Gasteiger partial charge in [0.05, 0.1) is 12.2 Å². The minimum Gasteiger partial charge on any atom is -1.00 e. The number of rotatable bonds is 1. The summed E-state index contributed by atoms with van der Waals surface area (Å²) in [7, 11) is 0. The Hall–Kier alpha value is -0.740. The van der Waals surface area contributed by atoms with Gasteiger partial charge in [-0.25, -0.2) is 0 Å². The molecule has 0 fully saturated rings. The molecule has 0 aliphatic carbocycles. The molecule has 1 aromatic rings. The first-order valence-electron chi connectivity index (χ1n) is 6.35. The SMILES string of the molecule is CC(C)(C)c1ccc(C2=CSC3=NCCN23)cc1.[Br-]. The molecule has 3 rings (SSSR count). The fourth-order valence-electron chi connectivity index (χ4n) is 2.29. The lowest BCUT2D eigenvalue weighted by atomic mass is 9.86. The second-order valence-electron chi connectivity index (χ2n) is 5.76. The number of halogens is 1. The Kier molecular flexibility index (Phi) is 4.11. The third kappa shape index (κ3) is 2.75. The summed E-state index contributed by atoms with van der Waals surface area (Å²) in [6, 6.07) is 8.95. The smallest absolute Gasteiger partial charge is 0.168 e. The topological polar surface area (TPSA) is 15.6 Å². The highest BCUT2D eigenvalue weighted by atomic mass is 79.9. The summed E-state index contributed by atoms with van der Waals surface area (Å²) in [6.07, 6.45) is 0. The third-order valence-corrected chi connectivity index (χ3v) is 4.32. The first-order chi connectivity index (χ1) is 8.55. The van der Waals surface area contributed by atoms with Gasteiger partial charge >= 0.3 is 0 Å². The second-order valence-corrected chi connectivity index (χ2v) is 6.60. The van der Waals surface area contributed by atoms with Crippen LogP contribution in [0.4, 0.5) is 0 Å². The van der Waals surface area contributed by atoms with Crippen LogP contribution in [0.25, 0.3) is 5.70 Å². The van der Waals surface area contributed by atoms with Crippen molar-refractivity contribution in [2.45, 2.75) is 26.2 Å². The lowest BCUT2D eigenvalue weighted by Crippen LogP contribution is -3.00. The number of fused-ring (bicyclic) bond motifs is 1. The lowest BCUT2D eigenvalue weighted by Gasteiger charge is -2.21. The molecule has 2 aliphatic rings. The normalized spacial score (nSPS) is 17.7. The number of amidine groups is 1. The van der Waals surface area contributed by atoms with Crippen molar-refractivity contribution in [2.75, 3.05) is 13.1 Å². The zero-order valence-electron chi connectivity index (χ0n) is 11.5. The summed E-state index contributed by atoms with van der Waals surface area (Å²) >= 11 is 1.74. The monoisotopic (exact) mass is 337 g/mol. The number of hydrogen-bond donors (Lipinski definition) is 0. The van der Waals surface area contributed by atoms with Gasteiger partial charge in [-0.05, 0) is 16.5 Å². The zero-order valence-corrected chi connectivity index (χ0v) is 13.9. The molecule has 0 unspecified atom stereocenters. The molecule has 0 bridgehead atoms. The van der Waals surface area contributed by atoms with Gasteiger partial charge in [0.1, 0.15) is 0 Å². The minimum absolute atomic E-state index is 0. The first-order valence-corrected chi connectivity index (χ1v) is 7.23. The van der Waals surface area contributed by atoms with E-state index < -0.39 is 0 Å². The van der Waals surface area contributed by atoms with Gasteiger partial charge in [0.15, 0.2) is 5.17 Å². The van der Waals surface area contributed by atoms with Crippen molar-refractivity contribution in [1.29, 1.82) is 0 Å². The van der Waals surface area contributed by atoms with E-state index in [-0.39, 0.29) is 22.4 Å². The summed E-state index contributed by atoms with van der Waals surface area (Å²) in [5.41, 5.74) is 4.20. The number of hydrogen-bond acceptors (Lipinski definition) is 3. The van der Waals surface area contributed by atoms with Crippen LogP contribution in [0.15, 0.2) is 34.7 Å². The standard InChI is InChI=1S/C15H18N2S.BrH/c1-15(2,3)12-6-4-11(5-7-12)13-10-18-14-16-8-9-17(13)14;/h4-7,10H,8-9H2,1-3H3;1H/p-1. The van der Waals surface area contributed by atoms with Crippen LogP contribution in [0, 0.1) is 0 Å². The van der Waals surface area contributed by atoms with Gasteiger partial charge < -0.3 is 21.9 Å². The summed E-state index contributed by atoms with van der Waals surface area (Å²) in [5, 5.41) is 3.37. The van der Waals surface area contributed by atoms with Gasteiger partial charge in [0, 0.05) is 12.0 Å². The largest absolute Gasteiger partial charge is 1.00 e. The molecule has 4 heteroatoms. The Morgan fingerprint density at radius 1 is 1.16 bits per heavy atom. The molecule has 2 heterocycles. The van der Waals surface area contributed by atoms with Gasteiger partial charge in [-0.15, -0.1) is 0 Å². The van der Waals surface area contributed by atoms with Gasteiger partial charge in [-0.3, -0.25) is 4.99 Å². The highest BCUT2D eigenvalue weighted by Gasteiger charge is 2.27. The summed E-state index contributed by atoms with van der Waals surface area (Å²) in [5.74, 6) is 0. The van der Waals surface area contributed by atoms with Crippen LogP contribution in [-0.2, 0) is 5.41 Å². The van der Waals surface area contributed by atoms with Gasteiger partial charge in [-0.1, -0.05) is 56.8 Å². The molecule has 2 nitrogen and oxygen atoms in total. The van der Waals surface area contributed by atoms with Crippen molar-refractivity contribution in [3.05, 3.63) is 40.8 Å². The third-order valence-electron chi connectivity index (χ3n) is 3.42. The Bertz CT molecular complexity index is 526. The molecule has 0 aromatic heterocycles. The van der Waals surface area contributed by atoms with Gasteiger partial charge in [0.2, 0.25) is 0 Å². The van der Waals surface area contributed by atoms with Gasteiger partial charge in [-0.2, -0.15) is 0 Å². The molecular weight excluding hydrogens is 320 g/mol. The molecule has 102 valence electrons.